The number of nitriles is 1. The molecule has 0 bridgehead atoms. The second kappa shape index (κ2) is 7.66. The number of nitrogens with one attached hydrogen (secondary N) is 1. The second-order valence-electron chi connectivity index (χ2n) is 7.15. The molecule has 0 spiro atoms. The van der Waals surface area contributed by atoms with Gasteiger partial charge >= 0.3 is 0 Å². The summed E-state index contributed by atoms with van der Waals surface area (Å²) in [7, 11) is 0. The van der Waals surface area contributed by atoms with Gasteiger partial charge in [0.2, 0.25) is 0 Å². The van der Waals surface area contributed by atoms with Crippen LogP contribution in [0.25, 0.3) is 22.6 Å². The van der Waals surface area contributed by atoms with E-state index in [0.717, 1.165) is 46.1 Å². The lowest BCUT2D eigenvalue weighted by atomic mass is 9.99. The fraction of sp³-hybridized carbons (Fsp3) is 0.208. The summed E-state index contributed by atoms with van der Waals surface area (Å²) in [6.07, 6.45) is 3.82. The van der Waals surface area contributed by atoms with E-state index in [4.69, 9.17) is 10.2 Å². The summed E-state index contributed by atoms with van der Waals surface area (Å²) in [6, 6.07) is 20.1. The van der Waals surface area contributed by atoms with Gasteiger partial charge in [0, 0.05) is 11.9 Å². The first-order chi connectivity index (χ1) is 13.7. The Kier molecular flexibility index (Phi) is 4.90. The molecule has 0 saturated carbocycles. The van der Waals surface area contributed by atoms with Crippen LogP contribution < -0.4 is 5.32 Å². The Labute approximate surface area is 164 Å². The Morgan fingerprint density at radius 1 is 1.18 bits per heavy atom. The van der Waals surface area contributed by atoms with E-state index in [1.165, 1.54) is 0 Å². The van der Waals surface area contributed by atoms with Crippen LogP contribution in [0, 0.1) is 17.2 Å². The molecule has 0 aliphatic heterocycles. The highest BCUT2D eigenvalue weighted by atomic mass is 16.1. The Bertz CT molecular complexity index is 1110. The number of fused-ring (bicyclic) bond motifs is 2. The molecule has 1 unspecified atom stereocenters. The van der Waals surface area contributed by atoms with Crippen molar-refractivity contribution < 1.29 is 4.79 Å². The molecule has 0 fully saturated rings. The molecule has 138 valence electrons. The molecule has 1 aliphatic carbocycles. The average molecular weight is 367 g/mol. The summed E-state index contributed by atoms with van der Waals surface area (Å²) in [4.78, 5) is 17.9. The minimum atomic E-state index is -0.223. The number of aromatic nitrogens is 1. The number of para-hydroxylation sites is 1. The number of hydrogen-bond donors (Lipinski definition) is 1. The molecule has 3 aromatic rings. The Morgan fingerprint density at radius 3 is 2.71 bits per heavy atom. The predicted octanol–water partition coefficient (Wildman–Crippen LogP) is 4.61. The maximum atomic E-state index is 13.0. The lowest BCUT2D eigenvalue weighted by Gasteiger charge is -2.13. The molecule has 1 heterocycles. The van der Waals surface area contributed by atoms with Gasteiger partial charge in [-0.25, -0.2) is 4.98 Å². The first-order valence-corrected chi connectivity index (χ1v) is 9.53. The molecular weight excluding hydrogens is 346 g/mol. The molecule has 1 atom stereocenters. The molecule has 1 N–H and O–H groups in total. The molecular formula is C24H21N3O. The van der Waals surface area contributed by atoms with Gasteiger partial charge < -0.3 is 5.32 Å². The van der Waals surface area contributed by atoms with Gasteiger partial charge in [-0.3, -0.25) is 4.79 Å². The molecule has 2 aromatic carbocycles. The van der Waals surface area contributed by atoms with Gasteiger partial charge in [0.15, 0.2) is 0 Å². The SMILES string of the molecule is CC(C#N)CNC(=O)c1c2c(nc3ccccc13)/C(=C\c1ccccc1)CC2. The smallest absolute Gasteiger partial charge is 0.252 e. The number of rotatable bonds is 4. The Balaban J connectivity index is 1.81. The van der Waals surface area contributed by atoms with E-state index in [1.54, 1.807) is 6.92 Å². The summed E-state index contributed by atoms with van der Waals surface area (Å²) in [5.74, 6) is -0.350. The molecule has 4 rings (SSSR count). The number of nitrogens with zero attached hydrogens (tertiary/aromatic N) is 2. The fourth-order valence-electron chi connectivity index (χ4n) is 3.67. The van der Waals surface area contributed by atoms with Gasteiger partial charge in [0.1, 0.15) is 0 Å². The summed E-state index contributed by atoms with van der Waals surface area (Å²) in [5.41, 5.74) is 5.73. The van der Waals surface area contributed by atoms with Crippen LogP contribution in [0.5, 0.6) is 0 Å². The molecule has 4 heteroatoms. The first kappa shape index (κ1) is 17.9. The van der Waals surface area contributed by atoms with Crippen LogP contribution in [0.2, 0.25) is 0 Å². The number of allylic oxidation sites excluding steroid dienone is 1. The summed E-state index contributed by atoms with van der Waals surface area (Å²) in [6.45, 7) is 2.14. The zero-order chi connectivity index (χ0) is 19.5. The largest absolute Gasteiger partial charge is 0.351 e. The highest BCUT2D eigenvalue weighted by Crippen LogP contribution is 2.37. The molecule has 4 nitrogen and oxygen atoms in total. The molecule has 1 aromatic heterocycles. The van der Waals surface area contributed by atoms with Crippen molar-refractivity contribution in [3.05, 3.63) is 77.0 Å². The van der Waals surface area contributed by atoms with Crippen LogP contribution in [0.4, 0.5) is 0 Å². The Morgan fingerprint density at radius 2 is 1.93 bits per heavy atom. The first-order valence-electron chi connectivity index (χ1n) is 9.53. The van der Waals surface area contributed by atoms with E-state index in [0.29, 0.717) is 12.1 Å². The van der Waals surface area contributed by atoms with Crippen LogP contribution in [-0.4, -0.2) is 17.4 Å². The van der Waals surface area contributed by atoms with E-state index in [-0.39, 0.29) is 11.8 Å². The van der Waals surface area contributed by atoms with E-state index >= 15 is 0 Å². The van der Waals surface area contributed by atoms with Crippen LogP contribution >= 0.6 is 0 Å². The minimum absolute atomic E-state index is 0.127. The summed E-state index contributed by atoms with van der Waals surface area (Å²) in [5, 5.41) is 12.8. The molecule has 0 saturated heterocycles. The monoisotopic (exact) mass is 367 g/mol. The zero-order valence-corrected chi connectivity index (χ0v) is 15.8. The summed E-state index contributed by atoms with van der Waals surface area (Å²) < 4.78 is 0. The van der Waals surface area contributed by atoms with Crippen LogP contribution in [-0.2, 0) is 6.42 Å². The highest BCUT2D eigenvalue weighted by molar-refractivity contribution is 6.09. The van der Waals surface area contributed by atoms with Crippen LogP contribution in [0.3, 0.4) is 0 Å². The zero-order valence-electron chi connectivity index (χ0n) is 15.8. The molecule has 0 radical (unpaired) electrons. The lowest BCUT2D eigenvalue weighted by molar-refractivity contribution is 0.0951. The highest BCUT2D eigenvalue weighted by Gasteiger charge is 2.26. The standard InChI is InChI=1S/C24H21N3O/c1-16(14-25)15-26-24(28)22-19-9-5-6-10-21(19)27-23-18(11-12-20(22)23)13-17-7-3-2-4-8-17/h2-10,13,16H,11-12,15H2,1H3,(H,26,28)/b18-13-. The van der Waals surface area contributed by atoms with Crippen molar-refractivity contribution in [2.24, 2.45) is 5.92 Å². The van der Waals surface area contributed by atoms with E-state index in [2.05, 4.69) is 29.6 Å². The van der Waals surface area contributed by atoms with E-state index in [9.17, 15) is 4.79 Å². The number of carbonyl (C=O) groups excluding carboxylic acids is 1. The third kappa shape index (κ3) is 3.39. The van der Waals surface area contributed by atoms with Crippen LogP contribution in [0.1, 0.15) is 40.5 Å². The van der Waals surface area contributed by atoms with Gasteiger partial charge in [0.25, 0.3) is 5.91 Å². The number of benzene rings is 2. The van der Waals surface area contributed by atoms with Crippen molar-refractivity contribution in [2.75, 3.05) is 6.54 Å². The maximum Gasteiger partial charge on any atom is 0.252 e. The van der Waals surface area contributed by atoms with Gasteiger partial charge in [-0.05, 0) is 48.6 Å². The van der Waals surface area contributed by atoms with Crippen molar-refractivity contribution in [2.45, 2.75) is 19.8 Å². The second-order valence-corrected chi connectivity index (χ2v) is 7.15. The normalized spacial score (nSPS) is 15.2. The lowest BCUT2D eigenvalue weighted by Crippen LogP contribution is -2.29. The van der Waals surface area contributed by atoms with Crippen LogP contribution in [0.15, 0.2) is 54.6 Å². The minimum Gasteiger partial charge on any atom is -0.351 e. The van der Waals surface area contributed by atoms with Crippen molar-refractivity contribution in [3.8, 4) is 6.07 Å². The van der Waals surface area contributed by atoms with Gasteiger partial charge in [-0.15, -0.1) is 0 Å². The topological polar surface area (TPSA) is 65.8 Å². The van der Waals surface area contributed by atoms with Crippen molar-refractivity contribution in [1.82, 2.24) is 10.3 Å². The van der Waals surface area contributed by atoms with Gasteiger partial charge in [-0.2, -0.15) is 5.26 Å². The average Bonchev–Trinajstić information content (AvgIpc) is 3.12. The number of carbonyl (C=O) groups is 1. The molecule has 1 amide bonds. The van der Waals surface area contributed by atoms with Gasteiger partial charge in [-0.1, -0.05) is 48.5 Å². The summed E-state index contributed by atoms with van der Waals surface area (Å²) >= 11 is 0. The number of amides is 1. The van der Waals surface area contributed by atoms with Crippen molar-refractivity contribution >= 4 is 28.5 Å². The maximum absolute atomic E-state index is 13.0. The molecule has 28 heavy (non-hydrogen) atoms. The third-order valence-electron chi connectivity index (χ3n) is 5.10. The van der Waals surface area contributed by atoms with E-state index < -0.39 is 0 Å². The number of hydrogen-bond acceptors (Lipinski definition) is 3. The van der Waals surface area contributed by atoms with E-state index in [1.807, 2.05) is 42.5 Å². The fourth-order valence-corrected chi connectivity index (χ4v) is 3.67. The number of pyridine rings is 1. The predicted molar refractivity (Wildman–Crippen MR) is 111 cm³/mol. The molecule has 1 aliphatic rings. The van der Waals surface area contributed by atoms with Gasteiger partial charge in [0.05, 0.1) is 28.8 Å². The van der Waals surface area contributed by atoms with Crippen molar-refractivity contribution in [3.63, 3.8) is 0 Å². The quantitative estimate of drug-likeness (QED) is 0.732. The Hall–Kier alpha value is -3.45. The third-order valence-corrected chi connectivity index (χ3v) is 5.10. The van der Waals surface area contributed by atoms with Crippen molar-refractivity contribution in [1.29, 1.82) is 5.26 Å².